The second kappa shape index (κ2) is 11.7. The lowest BCUT2D eigenvalue weighted by Gasteiger charge is -2.35. The molecule has 16 heteroatoms. The first kappa shape index (κ1) is 32.5. The number of alkyl halides is 6. The molecular formula is C25H32F6N4O5S. The van der Waals surface area contributed by atoms with Crippen molar-refractivity contribution in [3.05, 3.63) is 29.5 Å². The van der Waals surface area contributed by atoms with E-state index in [-0.39, 0.29) is 49.2 Å². The number of aromatic nitrogens is 2. The van der Waals surface area contributed by atoms with Crippen LogP contribution in [0.2, 0.25) is 0 Å². The summed E-state index contributed by atoms with van der Waals surface area (Å²) >= 11 is 0. The highest BCUT2D eigenvalue weighted by atomic mass is 32.2. The van der Waals surface area contributed by atoms with E-state index >= 15 is 0 Å². The molecule has 1 aromatic carbocycles. The number of aliphatic hydroxyl groups is 1. The fraction of sp³-hybridized carbons (Fsp3) is 0.600. The maximum atomic E-state index is 14.4. The summed E-state index contributed by atoms with van der Waals surface area (Å²) in [7, 11) is -2.18. The van der Waals surface area contributed by atoms with Gasteiger partial charge < -0.3 is 20.5 Å². The zero-order chi connectivity index (χ0) is 31.0. The Bertz CT molecular complexity index is 1370. The monoisotopic (exact) mass is 614 g/mol. The number of amides is 1. The Kier molecular flexibility index (Phi) is 9.28. The number of aryl methyl sites for hydroxylation is 1. The zero-order valence-corrected chi connectivity index (χ0v) is 23.6. The van der Waals surface area contributed by atoms with Crippen molar-refractivity contribution in [2.45, 2.75) is 75.3 Å². The van der Waals surface area contributed by atoms with E-state index in [4.69, 9.17) is 4.74 Å². The first-order chi connectivity index (χ1) is 18.8. The van der Waals surface area contributed by atoms with Gasteiger partial charge in [-0.3, -0.25) is 9.48 Å². The highest BCUT2D eigenvalue weighted by Crippen LogP contribution is 2.43. The minimum Gasteiger partial charge on any atom is -0.496 e. The van der Waals surface area contributed by atoms with Crippen molar-refractivity contribution in [3.8, 4) is 17.0 Å². The molecule has 1 fully saturated rings. The predicted octanol–water partition coefficient (Wildman–Crippen LogP) is 4.41. The van der Waals surface area contributed by atoms with Crippen LogP contribution in [-0.4, -0.2) is 72.2 Å². The van der Waals surface area contributed by atoms with Crippen LogP contribution in [0.4, 0.5) is 32.0 Å². The number of hydrogen-bond donors (Lipinski definition) is 3. The molecule has 9 nitrogen and oxygen atoms in total. The van der Waals surface area contributed by atoms with Gasteiger partial charge in [-0.25, -0.2) is 8.42 Å². The lowest BCUT2D eigenvalue weighted by molar-refractivity contribution is -0.138. The van der Waals surface area contributed by atoms with Crippen molar-refractivity contribution in [3.63, 3.8) is 0 Å². The van der Waals surface area contributed by atoms with E-state index < -0.39 is 68.5 Å². The van der Waals surface area contributed by atoms with Crippen LogP contribution < -0.4 is 15.4 Å². The van der Waals surface area contributed by atoms with Gasteiger partial charge in [0.2, 0.25) is 0 Å². The number of methoxy groups -OCH3 is 1. The molecule has 0 aliphatic heterocycles. The van der Waals surface area contributed by atoms with E-state index in [0.29, 0.717) is 0 Å². The number of hydrogen-bond acceptors (Lipinski definition) is 7. The molecule has 1 heterocycles. The molecule has 0 radical (unpaired) electrons. The van der Waals surface area contributed by atoms with Gasteiger partial charge in [-0.05, 0) is 51.7 Å². The molecule has 1 atom stereocenters. The summed E-state index contributed by atoms with van der Waals surface area (Å²) < 4.78 is 112. The number of ether oxygens (including phenoxy) is 1. The average molecular weight is 615 g/mol. The summed E-state index contributed by atoms with van der Waals surface area (Å²) in [6.45, 7) is 1.85. The summed E-state index contributed by atoms with van der Waals surface area (Å²) in [6, 6.07) is 1.48. The third-order valence-corrected chi connectivity index (χ3v) is 8.81. The van der Waals surface area contributed by atoms with Crippen molar-refractivity contribution < 1.29 is 49.4 Å². The molecule has 1 aliphatic rings. The summed E-state index contributed by atoms with van der Waals surface area (Å²) in [5, 5.41) is 18.6. The molecule has 1 unspecified atom stereocenters. The van der Waals surface area contributed by atoms with Crippen molar-refractivity contribution in [1.29, 1.82) is 0 Å². The van der Waals surface area contributed by atoms with Crippen LogP contribution in [0.15, 0.2) is 18.2 Å². The summed E-state index contributed by atoms with van der Waals surface area (Å²) in [5.41, 5.74) is -4.58. The molecule has 3 rings (SSSR count). The molecule has 41 heavy (non-hydrogen) atoms. The molecule has 0 saturated heterocycles. The SMILES string of the molecule is CCn1nc(C(=O)NCC2(O)CCC(S(C)(=O)=O)CC2)c(C(F)(F)F)c1-c1ccc(NC(C)C(F)(F)F)cc1OC. The van der Waals surface area contributed by atoms with Gasteiger partial charge in [-0.2, -0.15) is 31.4 Å². The fourth-order valence-electron chi connectivity index (χ4n) is 4.76. The van der Waals surface area contributed by atoms with E-state index in [2.05, 4.69) is 15.7 Å². The number of carbonyl (C=O) groups excluding carboxylic acids is 1. The summed E-state index contributed by atoms with van der Waals surface area (Å²) in [5.74, 6) is -1.39. The highest BCUT2D eigenvalue weighted by molar-refractivity contribution is 7.91. The van der Waals surface area contributed by atoms with Crippen LogP contribution in [-0.2, 0) is 22.6 Å². The first-order valence-corrected chi connectivity index (χ1v) is 14.6. The predicted molar refractivity (Wildman–Crippen MR) is 138 cm³/mol. The van der Waals surface area contributed by atoms with Crippen LogP contribution in [0.25, 0.3) is 11.3 Å². The largest absolute Gasteiger partial charge is 0.496 e. The van der Waals surface area contributed by atoms with Crippen LogP contribution in [0.3, 0.4) is 0 Å². The Morgan fingerprint density at radius 2 is 1.83 bits per heavy atom. The Balaban J connectivity index is 1.95. The topological polar surface area (TPSA) is 123 Å². The number of nitrogens with zero attached hydrogens (tertiary/aromatic N) is 2. The minimum atomic E-state index is -5.08. The van der Waals surface area contributed by atoms with Gasteiger partial charge >= 0.3 is 12.4 Å². The number of anilines is 1. The van der Waals surface area contributed by atoms with E-state index in [1.807, 2.05) is 0 Å². The second-order valence-electron chi connectivity index (χ2n) is 10.1. The van der Waals surface area contributed by atoms with Crippen LogP contribution in [0.1, 0.15) is 55.6 Å². The second-order valence-corrected chi connectivity index (χ2v) is 12.5. The minimum absolute atomic E-state index is 0.0241. The smallest absolute Gasteiger partial charge is 0.420 e. The average Bonchev–Trinajstić information content (AvgIpc) is 3.26. The standard InChI is InChI=1S/C25H32F6N4O5S/c1-5-35-21(17-7-6-15(12-18(17)40-3)33-14(2)24(26,27)28)19(25(29,30)31)20(34-35)22(36)32-13-23(37)10-8-16(9-11-23)41(4,38)39/h6-7,12,14,16,33,37H,5,8-11,13H2,1-4H3,(H,32,36). The molecule has 3 N–H and O–H groups in total. The molecule has 1 aliphatic carbocycles. The van der Waals surface area contributed by atoms with Crippen LogP contribution in [0, 0.1) is 0 Å². The summed E-state index contributed by atoms with van der Waals surface area (Å²) in [6.07, 6.45) is -8.23. The van der Waals surface area contributed by atoms with Gasteiger partial charge in [0.1, 0.15) is 27.2 Å². The van der Waals surface area contributed by atoms with Crippen molar-refractivity contribution >= 4 is 21.4 Å². The molecule has 1 saturated carbocycles. The zero-order valence-electron chi connectivity index (χ0n) is 22.8. The number of rotatable bonds is 9. The Morgan fingerprint density at radius 1 is 1.22 bits per heavy atom. The third kappa shape index (κ3) is 7.45. The number of halogens is 6. The van der Waals surface area contributed by atoms with Crippen molar-refractivity contribution in [2.75, 3.05) is 25.2 Å². The fourth-order valence-corrected chi connectivity index (χ4v) is 5.85. The maximum absolute atomic E-state index is 14.4. The molecule has 2 aromatic rings. The van der Waals surface area contributed by atoms with Crippen LogP contribution >= 0.6 is 0 Å². The van der Waals surface area contributed by atoms with Gasteiger partial charge in [0.25, 0.3) is 5.91 Å². The van der Waals surface area contributed by atoms with Crippen LogP contribution in [0.5, 0.6) is 5.75 Å². The van der Waals surface area contributed by atoms with Gasteiger partial charge in [-0.1, -0.05) is 0 Å². The van der Waals surface area contributed by atoms with Gasteiger partial charge in [-0.15, -0.1) is 0 Å². The van der Waals surface area contributed by atoms with E-state index in [9.17, 15) is 44.7 Å². The van der Waals surface area contributed by atoms with E-state index in [0.717, 1.165) is 43.2 Å². The first-order valence-electron chi connectivity index (χ1n) is 12.7. The van der Waals surface area contributed by atoms with Crippen molar-refractivity contribution in [1.82, 2.24) is 15.1 Å². The number of carbonyl (C=O) groups is 1. The Labute approximate surface area is 233 Å². The molecule has 1 aromatic heterocycles. The molecule has 0 spiro atoms. The van der Waals surface area contributed by atoms with Gasteiger partial charge in [0.15, 0.2) is 5.69 Å². The van der Waals surface area contributed by atoms with Gasteiger partial charge in [0.05, 0.1) is 23.7 Å². The normalized spacial score (nSPS) is 20.9. The van der Waals surface area contributed by atoms with Gasteiger partial charge in [0, 0.05) is 36.7 Å². The molecular weight excluding hydrogens is 582 g/mol. The van der Waals surface area contributed by atoms with Crippen molar-refractivity contribution in [2.24, 2.45) is 0 Å². The maximum Gasteiger partial charge on any atom is 0.420 e. The Hall–Kier alpha value is -3.01. The molecule has 230 valence electrons. The Morgan fingerprint density at radius 3 is 2.32 bits per heavy atom. The van der Waals surface area contributed by atoms with E-state index in [1.54, 1.807) is 0 Å². The number of benzene rings is 1. The number of nitrogens with one attached hydrogen (secondary N) is 2. The highest BCUT2D eigenvalue weighted by Gasteiger charge is 2.44. The van der Waals surface area contributed by atoms with E-state index in [1.165, 1.54) is 6.92 Å². The lowest BCUT2D eigenvalue weighted by atomic mass is 9.84. The molecule has 1 amide bonds. The number of sulfone groups is 1. The quantitative estimate of drug-likeness (QED) is 0.358. The third-order valence-electron chi connectivity index (χ3n) is 7.13. The lowest BCUT2D eigenvalue weighted by Crippen LogP contribution is -2.47. The molecule has 0 bridgehead atoms. The summed E-state index contributed by atoms with van der Waals surface area (Å²) in [4.78, 5) is 13.0.